The zero-order valence-corrected chi connectivity index (χ0v) is 13.1. The van der Waals surface area contributed by atoms with Gasteiger partial charge in [-0.1, -0.05) is 11.3 Å². The maximum atomic E-state index is 5.76. The molecule has 0 fully saturated rings. The molecule has 1 aromatic heterocycles. The van der Waals surface area contributed by atoms with Crippen molar-refractivity contribution in [1.82, 2.24) is 4.98 Å². The number of hydrogen-bond acceptors (Lipinski definition) is 6. The summed E-state index contributed by atoms with van der Waals surface area (Å²) >= 11 is 1.57. The molecule has 0 bridgehead atoms. The number of aromatic nitrogens is 1. The van der Waals surface area contributed by atoms with Gasteiger partial charge in [-0.15, -0.1) is 0 Å². The Morgan fingerprint density at radius 2 is 1.70 bits per heavy atom. The SMILES string of the molecule is CCOc1cc2sc(NC)nc2c(OCC)c1OCC. The van der Waals surface area contributed by atoms with Gasteiger partial charge in [-0.25, -0.2) is 4.98 Å². The van der Waals surface area contributed by atoms with Crippen molar-refractivity contribution in [1.29, 1.82) is 0 Å². The Bertz CT molecular complexity index is 583. The third-order valence-corrected chi connectivity index (χ3v) is 3.67. The molecule has 20 heavy (non-hydrogen) atoms. The van der Waals surface area contributed by atoms with E-state index >= 15 is 0 Å². The van der Waals surface area contributed by atoms with E-state index in [1.165, 1.54) is 0 Å². The summed E-state index contributed by atoms with van der Waals surface area (Å²) in [5.41, 5.74) is 0.813. The predicted molar refractivity (Wildman–Crippen MR) is 82.7 cm³/mol. The summed E-state index contributed by atoms with van der Waals surface area (Å²) in [5, 5.41) is 3.90. The summed E-state index contributed by atoms with van der Waals surface area (Å²) in [6.45, 7) is 7.52. The first kappa shape index (κ1) is 14.7. The molecule has 0 aliphatic rings. The van der Waals surface area contributed by atoms with Gasteiger partial charge < -0.3 is 19.5 Å². The quantitative estimate of drug-likeness (QED) is 0.847. The van der Waals surface area contributed by atoms with Crippen LogP contribution in [0.1, 0.15) is 20.8 Å². The van der Waals surface area contributed by atoms with Crippen molar-refractivity contribution in [2.24, 2.45) is 0 Å². The van der Waals surface area contributed by atoms with Crippen molar-refractivity contribution < 1.29 is 14.2 Å². The lowest BCUT2D eigenvalue weighted by molar-refractivity contribution is 0.263. The fourth-order valence-electron chi connectivity index (χ4n) is 1.93. The van der Waals surface area contributed by atoms with Crippen molar-refractivity contribution in [3.05, 3.63) is 6.07 Å². The van der Waals surface area contributed by atoms with Crippen molar-refractivity contribution in [2.45, 2.75) is 20.8 Å². The van der Waals surface area contributed by atoms with E-state index in [1.807, 2.05) is 33.9 Å². The number of fused-ring (bicyclic) bond motifs is 1. The minimum atomic E-state index is 0.550. The Hall–Kier alpha value is -1.69. The van der Waals surface area contributed by atoms with Gasteiger partial charge in [-0.05, 0) is 20.8 Å². The average Bonchev–Trinajstić information content (AvgIpc) is 2.86. The topological polar surface area (TPSA) is 52.6 Å². The fourth-order valence-corrected chi connectivity index (χ4v) is 2.77. The number of nitrogens with one attached hydrogen (secondary N) is 1. The van der Waals surface area contributed by atoms with Gasteiger partial charge in [-0.2, -0.15) is 0 Å². The first-order valence-electron chi connectivity index (χ1n) is 6.78. The third-order valence-electron chi connectivity index (χ3n) is 2.65. The summed E-state index contributed by atoms with van der Waals surface area (Å²) in [5.74, 6) is 2.00. The molecule has 2 rings (SSSR count). The zero-order valence-electron chi connectivity index (χ0n) is 12.3. The van der Waals surface area contributed by atoms with Crippen LogP contribution in [-0.2, 0) is 0 Å². The van der Waals surface area contributed by atoms with Crippen LogP contribution >= 0.6 is 11.3 Å². The minimum Gasteiger partial charge on any atom is -0.490 e. The molecule has 5 nitrogen and oxygen atoms in total. The lowest BCUT2D eigenvalue weighted by atomic mass is 10.2. The molecular weight excluding hydrogens is 276 g/mol. The predicted octanol–water partition coefficient (Wildman–Crippen LogP) is 3.53. The number of nitrogens with zero attached hydrogens (tertiary/aromatic N) is 1. The average molecular weight is 296 g/mol. The molecule has 2 aromatic rings. The summed E-state index contributed by atoms with van der Waals surface area (Å²) in [6.07, 6.45) is 0. The number of rotatable bonds is 7. The lowest BCUT2D eigenvalue weighted by Gasteiger charge is -2.15. The van der Waals surface area contributed by atoms with E-state index in [-0.39, 0.29) is 0 Å². The van der Waals surface area contributed by atoms with E-state index in [0.717, 1.165) is 15.3 Å². The molecule has 1 heterocycles. The Balaban J connectivity index is 2.66. The molecule has 0 aliphatic heterocycles. The second-order valence-electron chi connectivity index (χ2n) is 3.95. The van der Waals surface area contributed by atoms with Gasteiger partial charge in [-0.3, -0.25) is 0 Å². The van der Waals surface area contributed by atoms with Crippen molar-refractivity contribution in [2.75, 3.05) is 32.2 Å². The Morgan fingerprint density at radius 3 is 2.30 bits per heavy atom. The van der Waals surface area contributed by atoms with Crippen LogP contribution in [0.2, 0.25) is 0 Å². The molecule has 0 unspecified atom stereocenters. The standard InChI is InChI=1S/C14H20N2O3S/c1-5-17-9-8-10-11(16-14(15-4)20-10)13(19-7-3)12(9)18-6-2/h8H,5-7H2,1-4H3,(H,15,16). The van der Waals surface area contributed by atoms with E-state index in [4.69, 9.17) is 14.2 Å². The summed E-state index contributed by atoms with van der Waals surface area (Å²) in [4.78, 5) is 4.54. The molecule has 0 spiro atoms. The molecule has 1 aromatic carbocycles. The van der Waals surface area contributed by atoms with E-state index in [1.54, 1.807) is 11.3 Å². The monoisotopic (exact) mass is 296 g/mol. The van der Waals surface area contributed by atoms with Gasteiger partial charge in [0.15, 0.2) is 16.6 Å². The van der Waals surface area contributed by atoms with Crippen LogP contribution < -0.4 is 19.5 Å². The van der Waals surface area contributed by atoms with Crippen LogP contribution in [0.15, 0.2) is 6.07 Å². The third kappa shape index (κ3) is 2.75. The van der Waals surface area contributed by atoms with Gasteiger partial charge >= 0.3 is 0 Å². The second kappa shape index (κ2) is 6.65. The highest BCUT2D eigenvalue weighted by Gasteiger charge is 2.20. The van der Waals surface area contributed by atoms with E-state index < -0.39 is 0 Å². The van der Waals surface area contributed by atoms with Gasteiger partial charge in [0.25, 0.3) is 0 Å². The second-order valence-corrected chi connectivity index (χ2v) is 4.98. The highest BCUT2D eigenvalue weighted by atomic mass is 32.1. The normalized spacial score (nSPS) is 10.6. The molecule has 6 heteroatoms. The fraction of sp³-hybridized carbons (Fsp3) is 0.500. The van der Waals surface area contributed by atoms with Crippen LogP contribution in [0, 0.1) is 0 Å². The maximum Gasteiger partial charge on any atom is 0.205 e. The smallest absolute Gasteiger partial charge is 0.205 e. The molecule has 1 N–H and O–H groups in total. The summed E-state index contributed by atoms with van der Waals surface area (Å²) in [7, 11) is 1.85. The van der Waals surface area contributed by atoms with Crippen LogP contribution in [0.3, 0.4) is 0 Å². The first-order valence-corrected chi connectivity index (χ1v) is 7.60. The number of benzene rings is 1. The Morgan fingerprint density at radius 1 is 1.05 bits per heavy atom. The molecule has 0 atom stereocenters. The van der Waals surface area contributed by atoms with Crippen LogP contribution in [-0.4, -0.2) is 31.9 Å². The lowest BCUT2D eigenvalue weighted by Crippen LogP contribution is -2.03. The molecule has 0 saturated heterocycles. The Kier molecular flexibility index (Phi) is 4.89. The van der Waals surface area contributed by atoms with Gasteiger partial charge in [0.05, 0.1) is 24.5 Å². The van der Waals surface area contributed by atoms with Gasteiger partial charge in [0, 0.05) is 13.1 Å². The van der Waals surface area contributed by atoms with E-state index in [9.17, 15) is 0 Å². The summed E-state index contributed by atoms with van der Waals surface area (Å²) in [6, 6.07) is 1.96. The van der Waals surface area contributed by atoms with Gasteiger partial charge in [0.2, 0.25) is 5.75 Å². The highest BCUT2D eigenvalue weighted by Crippen LogP contribution is 2.46. The molecule has 110 valence electrons. The van der Waals surface area contributed by atoms with E-state index in [0.29, 0.717) is 37.1 Å². The Labute approximate surface area is 122 Å². The van der Waals surface area contributed by atoms with Crippen molar-refractivity contribution >= 4 is 26.7 Å². The molecule has 0 amide bonds. The minimum absolute atomic E-state index is 0.550. The van der Waals surface area contributed by atoms with Crippen LogP contribution in [0.25, 0.3) is 10.2 Å². The zero-order chi connectivity index (χ0) is 14.5. The number of thiazole rings is 1. The molecule has 0 radical (unpaired) electrons. The number of hydrogen-bond donors (Lipinski definition) is 1. The number of anilines is 1. The molecule has 0 saturated carbocycles. The van der Waals surface area contributed by atoms with Crippen LogP contribution in [0.5, 0.6) is 17.2 Å². The molecular formula is C14H20N2O3S. The first-order chi connectivity index (χ1) is 9.74. The molecule has 0 aliphatic carbocycles. The maximum absolute atomic E-state index is 5.76. The van der Waals surface area contributed by atoms with E-state index in [2.05, 4.69) is 10.3 Å². The number of ether oxygens (including phenoxy) is 3. The summed E-state index contributed by atoms with van der Waals surface area (Å²) < 4.78 is 18.2. The van der Waals surface area contributed by atoms with Gasteiger partial charge in [0.1, 0.15) is 5.52 Å². The highest BCUT2D eigenvalue weighted by molar-refractivity contribution is 7.22. The largest absolute Gasteiger partial charge is 0.490 e. The van der Waals surface area contributed by atoms with Crippen molar-refractivity contribution in [3.63, 3.8) is 0 Å². The van der Waals surface area contributed by atoms with Crippen LogP contribution in [0.4, 0.5) is 5.13 Å². The van der Waals surface area contributed by atoms with Crippen molar-refractivity contribution in [3.8, 4) is 17.2 Å².